The Morgan fingerprint density at radius 3 is 2.71 bits per heavy atom. The molecule has 4 nitrogen and oxygen atoms in total. The molecule has 0 atom stereocenters. The van der Waals surface area contributed by atoms with Crippen LogP contribution in [0.25, 0.3) is 10.8 Å². The van der Waals surface area contributed by atoms with Crippen molar-refractivity contribution in [3.63, 3.8) is 0 Å². The SMILES string of the molecule is COC(=O)CN(N)c1cccc2ccccc12. The Kier molecular flexibility index (Phi) is 3.25. The van der Waals surface area contributed by atoms with Crippen LogP contribution < -0.4 is 10.9 Å². The fourth-order valence-electron chi connectivity index (χ4n) is 1.75. The normalized spacial score (nSPS) is 10.2. The number of hydrazine groups is 1. The minimum Gasteiger partial charge on any atom is -0.468 e. The summed E-state index contributed by atoms with van der Waals surface area (Å²) in [5, 5.41) is 3.50. The van der Waals surface area contributed by atoms with Crippen molar-refractivity contribution in [3.8, 4) is 0 Å². The number of rotatable bonds is 3. The maximum absolute atomic E-state index is 11.2. The van der Waals surface area contributed by atoms with Crippen LogP contribution in [0.5, 0.6) is 0 Å². The Hall–Kier alpha value is -2.07. The largest absolute Gasteiger partial charge is 0.468 e. The Morgan fingerprint density at radius 2 is 1.94 bits per heavy atom. The number of ether oxygens (including phenoxy) is 1. The highest BCUT2D eigenvalue weighted by Gasteiger charge is 2.10. The number of nitrogens with zero attached hydrogens (tertiary/aromatic N) is 1. The van der Waals surface area contributed by atoms with Crippen molar-refractivity contribution >= 4 is 22.4 Å². The van der Waals surface area contributed by atoms with Gasteiger partial charge in [-0.15, -0.1) is 0 Å². The molecule has 2 N–H and O–H groups in total. The molecule has 0 fully saturated rings. The van der Waals surface area contributed by atoms with E-state index in [1.165, 1.54) is 12.1 Å². The first kappa shape index (κ1) is 11.4. The molecule has 17 heavy (non-hydrogen) atoms. The molecule has 0 radical (unpaired) electrons. The summed E-state index contributed by atoms with van der Waals surface area (Å²) < 4.78 is 4.59. The second kappa shape index (κ2) is 4.84. The molecule has 2 aromatic carbocycles. The van der Waals surface area contributed by atoms with Crippen molar-refractivity contribution in [2.24, 2.45) is 5.84 Å². The van der Waals surface area contributed by atoms with Crippen LogP contribution in [0.4, 0.5) is 5.69 Å². The van der Waals surface area contributed by atoms with Crippen LogP contribution in [0.2, 0.25) is 0 Å². The smallest absolute Gasteiger partial charge is 0.326 e. The highest BCUT2D eigenvalue weighted by Crippen LogP contribution is 2.24. The highest BCUT2D eigenvalue weighted by molar-refractivity contribution is 5.95. The van der Waals surface area contributed by atoms with Gasteiger partial charge in [-0.1, -0.05) is 36.4 Å². The minimum atomic E-state index is -0.361. The lowest BCUT2D eigenvalue weighted by molar-refractivity contribution is -0.138. The van der Waals surface area contributed by atoms with E-state index in [2.05, 4.69) is 4.74 Å². The predicted molar refractivity (Wildman–Crippen MR) is 67.5 cm³/mol. The van der Waals surface area contributed by atoms with Crippen LogP contribution in [0.3, 0.4) is 0 Å². The summed E-state index contributed by atoms with van der Waals surface area (Å²) in [5.74, 6) is 5.51. The number of hydrogen-bond donors (Lipinski definition) is 1. The van der Waals surface area contributed by atoms with Crippen molar-refractivity contribution in [3.05, 3.63) is 42.5 Å². The summed E-state index contributed by atoms with van der Waals surface area (Å²) in [7, 11) is 1.35. The average molecular weight is 230 g/mol. The van der Waals surface area contributed by atoms with Gasteiger partial charge in [0.25, 0.3) is 0 Å². The quantitative estimate of drug-likeness (QED) is 0.495. The first-order chi connectivity index (χ1) is 8.22. The van der Waals surface area contributed by atoms with E-state index in [1.807, 2.05) is 42.5 Å². The van der Waals surface area contributed by atoms with Crippen LogP contribution >= 0.6 is 0 Å². The van der Waals surface area contributed by atoms with Crippen molar-refractivity contribution in [2.45, 2.75) is 0 Å². The number of fused-ring (bicyclic) bond motifs is 1. The second-order valence-corrected chi connectivity index (χ2v) is 3.70. The van der Waals surface area contributed by atoms with Gasteiger partial charge in [0.15, 0.2) is 0 Å². The Morgan fingerprint density at radius 1 is 1.24 bits per heavy atom. The van der Waals surface area contributed by atoms with E-state index in [-0.39, 0.29) is 12.5 Å². The molecule has 0 bridgehead atoms. The van der Waals surface area contributed by atoms with Gasteiger partial charge < -0.3 is 4.74 Å². The van der Waals surface area contributed by atoms with Crippen molar-refractivity contribution in [1.82, 2.24) is 0 Å². The Bertz CT molecular complexity index is 534. The second-order valence-electron chi connectivity index (χ2n) is 3.70. The molecule has 0 aliphatic carbocycles. The number of hydrogen-bond acceptors (Lipinski definition) is 4. The van der Waals surface area contributed by atoms with Crippen molar-refractivity contribution < 1.29 is 9.53 Å². The van der Waals surface area contributed by atoms with E-state index in [9.17, 15) is 4.79 Å². The van der Waals surface area contributed by atoms with E-state index < -0.39 is 0 Å². The van der Waals surface area contributed by atoms with Gasteiger partial charge in [-0.25, -0.2) is 5.84 Å². The van der Waals surface area contributed by atoms with E-state index >= 15 is 0 Å². The molecule has 0 aliphatic heterocycles. The highest BCUT2D eigenvalue weighted by atomic mass is 16.5. The van der Waals surface area contributed by atoms with Gasteiger partial charge in [-0.3, -0.25) is 9.80 Å². The number of esters is 1. The van der Waals surface area contributed by atoms with E-state index in [1.54, 1.807) is 0 Å². The lowest BCUT2D eigenvalue weighted by Gasteiger charge is -2.19. The predicted octanol–water partition coefficient (Wildman–Crippen LogP) is 1.69. The monoisotopic (exact) mass is 230 g/mol. The molecule has 2 rings (SSSR count). The van der Waals surface area contributed by atoms with E-state index in [0.717, 1.165) is 16.5 Å². The van der Waals surface area contributed by atoms with Crippen LogP contribution in [0.1, 0.15) is 0 Å². The number of anilines is 1. The summed E-state index contributed by atoms with van der Waals surface area (Å²) in [6, 6.07) is 13.7. The van der Waals surface area contributed by atoms with Crippen LogP contribution in [0.15, 0.2) is 42.5 Å². The molecule has 0 heterocycles. The lowest BCUT2D eigenvalue weighted by atomic mass is 10.1. The number of methoxy groups -OCH3 is 1. The van der Waals surface area contributed by atoms with Gasteiger partial charge in [-0.05, 0) is 11.5 Å². The number of carbonyl (C=O) groups excluding carboxylic acids is 1. The van der Waals surface area contributed by atoms with Crippen LogP contribution in [-0.2, 0) is 9.53 Å². The van der Waals surface area contributed by atoms with Crippen LogP contribution in [-0.4, -0.2) is 19.6 Å². The van der Waals surface area contributed by atoms with Gasteiger partial charge in [0.1, 0.15) is 6.54 Å². The number of benzene rings is 2. The average Bonchev–Trinajstić information content (AvgIpc) is 2.37. The summed E-state index contributed by atoms with van der Waals surface area (Å²) in [6.07, 6.45) is 0. The lowest BCUT2D eigenvalue weighted by Crippen LogP contribution is -2.36. The molecule has 0 amide bonds. The molecule has 88 valence electrons. The topological polar surface area (TPSA) is 55.6 Å². The maximum Gasteiger partial charge on any atom is 0.326 e. The van der Waals surface area contributed by atoms with Crippen molar-refractivity contribution in [1.29, 1.82) is 0 Å². The standard InChI is InChI=1S/C13H14N2O2/c1-17-13(16)9-15(14)12-8-4-6-10-5-2-3-7-11(10)12/h2-8H,9,14H2,1H3. The molecule has 2 aromatic rings. The Labute approximate surface area is 99.6 Å². The third-order valence-electron chi connectivity index (χ3n) is 2.60. The molecule has 4 heteroatoms. The zero-order valence-corrected chi connectivity index (χ0v) is 9.59. The molecular formula is C13H14N2O2. The van der Waals surface area contributed by atoms with Crippen molar-refractivity contribution in [2.75, 3.05) is 18.7 Å². The molecule has 0 saturated heterocycles. The first-order valence-corrected chi connectivity index (χ1v) is 5.29. The van der Waals surface area contributed by atoms with Gasteiger partial charge >= 0.3 is 5.97 Å². The molecule has 0 aliphatic rings. The summed E-state index contributed by atoms with van der Waals surface area (Å²) in [6.45, 7) is 0.0322. The molecule has 0 aromatic heterocycles. The third-order valence-corrected chi connectivity index (χ3v) is 2.60. The number of nitrogens with two attached hydrogens (primary N) is 1. The summed E-state index contributed by atoms with van der Waals surface area (Å²) in [5.41, 5.74) is 0.813. The summed E-state index contributed by atoms with van der Waals surface area (Å²) in [4.78, 5) is 11.2. The first-order valence-electron chi connectivity index (χ1n) is 5.29. The molecule has 0 unspecified atom stereocenters. The maximum atomic E-state index is 11.2. The molecular weight excluding hydrogens is 216 g/mol. The van der Waals surface area contributed by atoms with Crippen LogP contribution in [0, 0.1) is 0 Å². The molecule has 0 spiro atoms. The van der Waals surface area contributed by atoms with Gasteiger partial charge in [0.05, 0.1) is 12.8 Å². The third kappa shape index (κ3) is 2.37. The van der Waals surface area contributed by atoms with Gasteiger partial charge in [-0.2, -0.15) is 0 Å². The van der Waals surface area contributed by atoms with E-state index in [0.29, 0.717) is 0 Å². The molecule has 0 saturated carbocycles. The zero-order chi connectivity index (χ0) is 12.3. The fourth-order valence-corrected chi connectivity index (χ4v) is 1.75. The minimum absolute atomic E-state index is 0.0322. The van der Waals surface area contributed by atoms with Gasteiger partial charge in [0.2, 0.25) is 0 Å². The zero-order valence-electron chi connectivity index (χ0n) is 9.59. The number of carbonyl (C=O) groups is 1. The van der Waals surface area contributed by atoms with Gasteiger partial charge in [0, 0.05) is 5.39 Å². The summed E-state index contributed by atoms with van der Waals surface area (Å²) >= 11 is 0. The van der Waals surface area contributed by atoms with E-state index in [4.69, 9.17) is 5.84 Å². The fraction of sp³-hybridized carbons (Fsp3) is 0.154. The Balaban J connectivity index is 2.38.